The molecule has 0 spiro atoms. The maximum atomic E-state index is 12.5. The minimum absolute atomic E-state index is 0.0621. The van der Waals surface area contributed by atoms with E-state index in [1.807, 2.05) is 6.92 Å². The van der Waals surface area contributed by atoms with Gasteiger partial charge >= 0.3 is 0 Å². The molecule has 5 nitrogen and oxygen atoms in total. The fourth-order valence-electron chi connectivity index (χ4n) is 2.37. The molecule has 110 valence electrons. The summed E-state index contributed by atoms with van der Waals surface area (Å²) in [6.07, 6.45) is 3.18. The molecule has 1 aliphatic rings. The second kappa shape index (κ2) is 6.90. The predicted octanol–water partition coefficient (Wildman–Crippen LogP) is 2.01. The quantitative estimate of drug-likeness (QED) is 0.892. The molecule has 6 heteroatoms. The average molecular weight is 298 g/mol. The minimum Gasteiger partial charge on any atom is -0.396 e. The predicted molar refractivity (Wildman–Crippen MR) is 79.1 cm³/mol. The molecule has 2 N–H and O–H groups in total. The van der Waals surface area contributed by atoms with E-state index in [-0.39, 0.29) is 12.5 Å². The molecule has 0 saturated carbocycles. The number of piperidine rings is 1. The highest BCUT2D eigenvalue weighted by atomic mass is 35.5. The number of hydrogen-bond acceptors (Lipinski definition) is 4. The molecule has 2 heterocycles. The lowest BCUT2D eigenvalue weighted by Crippen LogP contribution is -2.39. The van der Waals surface area contributed by atoms with Crippen molar-refractivity contribution in [2.24, 2.45) is 5.92 Å². The third-order valence-corrected chi connectivity index (χ3v) is 3.90. The van der Waals surface area contributed by atoms with Crippen LogP contribution in [0.1, 0.15) is 30.1 Å². The first kappa shape index (κ1) is 15.1. The molecule has 2 rings (SSSR count). The van der Waals surface area contributed by atoms with Crippen LogP contribution in [0.25, 0.3) is 0 Å². The summed E-state index contributed by atoms with van der Waals surface area (Å²) in [5.41, 5.74) is 0.486. The summed E-state index contributed by atoms with van der Waals surface area (Å²) in [5.74, 6) is 0.905. The molecule has 1 fully saturated rings. The van der Waals surface area contributed by atoms with Gasteiger partial charge in [-0.05, 0) is 31.7 Å². The van der Waals surface area contributed by atoms with E-state index in [0.29, 0.717) is 35.4 Å². The largest absolute Gasteiger partial charge is 0.396 e. The van der Waals surface area contributed by atoms with Crippen molar-refractivity contribution < 1.29 is 9.90 Å². The van der Waals surface area contributed by atoms with Gasteiger partial charge in [0.15, 0.2) is 0 Å². The highest BCUT2D eigenvalue weighted by Gasteiger charge is 2.24. The summed E-state index contributed by atoms with van der Waals surface area (Å²) in [6.45, 7) is 4.24. The second-order valence-corrected chi connectivity index (χ2v) is 5.41. The van der Waals surface area contributed by atoms with Crippen molar-refractivity contribution in [3.05, 3.63) is 22.8 Å². The summed E-state index contributed by atoms with van der Waals surface area (Å²) >= 11 is 6.09. The summed E-state index contributed by atoms with van der Waals surface area (Å²) in [6, 6.07) is 1.70. The van der Waals surface area contributed by atoms with Crippen LogP contribution in [0.2, 0.25) is 5.02 Å². The number of rotatable bonds is 4. The summed E-state index contributed by atoms with van der Waals surface area (Å²) in [7, 11) is 0. The van der Waals surface area contributed by atoms with Crippen molar-refractivity contribution >= 4 is 23.3 Å². The lowest BCUT2D eigenvalue weighted by molar-refractivity contribution is 0.0651. The second-order valence-electron chi connectivity index (χ2n) is 5.00. The first-order valence-electron chi connectivity index (χ1n) is 6.95. The highest BCUT2D eigenvalue weighted by Crippen LogP contribution is 2.23. The molecular formula is C14H20ClN3O2. The SMILES string of the molecule is CCNc1cc(C(=O)N2CCC(CO)CC2)c(Cl)cn1. The van der Waals surface area contributed by atoms with Gasteiger partial charge in [0.2, 0.25) is 0 Å². The van der Waals surface area contributed by atoms with Crippen LogP contribution < -0.4 is 5.32 Å². The van der Waals surface area contributed by atoms with Crippen LogP contribution in [0.3, 0.4) is 0 Å². The number of amides is 1. The van der Waals surface area contributed by atoms with E-state index >= 15 is 0 Å². The van der Waals surface area contributed by atoms with Crippen molar-refractivity contribution in [1.29, 1.82) is 0 Å². The van der Waals surface area contributed by atoms with Crippen LogP contribution in [0.5, 0.6) is 0 Å². The van der Waals surface area contributed by atoms with E-state index in [9.17, 15) is 4.79 Å². The Labute approximate surface area is 123 Å². The number of hydrogen-bond donors (Lipinski definition) is 2. The monoisotopic (exact) mass is 297 g/mol. The third-order valence-electron chi connectivity index (χ3n) is 3.60. The lowest BCUT2D eigenvalue weighted by atomic mass is 9.97. The van der Waals surface area contributed by atoms with E-state index in [0.717, 1.165) is 19.4 Å². The first-order chi connectivity index (χ1) is 9.65. The molecule has 1 aliphatic heterocycles. The smallest absolute Gasteiger partial charge is 0.255 e. The first-order valence-corrected chi connectivity index (χ1v) is 7.33. The van der Waals surface area contributed by atoms with Crippen molar-refractivity contribution in [2.75, 3.05) is 31.6 Å². The number of aliphatic hydroxyl groups is 1. The van der Waals surface area contributed by atoms with Gasteiger partial charge in [0, 0.05) is 32.4 Å². The van der Waals surface area contributed by atoms with Gasteiger partial charge in [0.1, 0.15) is 5.82 Å². The van der Waals surface area contributed by atoms with Gasteiger partial charge in [-0.3, -0.25) is 4.79 Å². The van der Waals surface area contributed by atoms with Crippen LogP contribution in [0.4, 0.5) is 5.82 Å². The Morgan fingerprint density at radius 3 is 2.85 bits per heavy atom. The van der Waals surface area contributed by atoms with Crippen LogP contribution in [0.15, 0.2) is 12.3 Å². The molecular weight excluding hydrogens is 278 g/mol. The molecule has 0 unspecified atom stereocenters. The van der Waals surface area contributed by atoms with Gasteiger partial charge in [-0.25, -0.2) is 4.98 Å². The Morgan fingerprint density at radius 2 is 2.25 bits per heavy atom. The molecule has 0 aliphatic carbocycles. The van der Waals surface area contributed by atoms with Gasteiger partial charge in [-0.2, -0.15) is 0 Å². The molecule has 1 saturated heterocycles. The Morgan fingerprint density at radius 1 is 1.55 bits per heavy atom. The zero-order valence-electron chi connectivity index (χ0n) is 11.6. The molecule has 1 amide bonds. The Hall–Kier alpha value is -1.33. The van der Waals surface area contributed by atoms with E-state index in [1.165, 1.54) is 6.20 Å². The number of carbonyl (C=O) groups is 1. The van der Waals surface area contributed by atoms with Crippen molar-refractivity contribution in [3.63, 3.8) is 0 Å². The van der Waals surface area contributed by atoms with Crippen LogP contribution >= 0.6 is 11.6 Å². The van der Waals surface area contributed by atoms with Gasteiger partial charge < -0.3 is 15.3 Å². The van der Waals surface area contributed by atoms with Crippen LogP contribution in [-0.4, -0.2) is 47.1 Å². The summed E-state index contributed by atoms with van der Waals surface area (Å²) < 4.78 is 0. The number of halogens is 1. The lowest BCUT2D eigenvalue weighted by Gasteiger charge is -2.31. The fraction of sp³-hybridized carbons (Fsp3) is 0.571. The van der Waals surface area contributed by atoms with E-state index < -0.39 is 0 Å². The molecule has 1 aromatic rings. The normalized spacial score (nSPS) is 16.2. The molecule has 0 radical (unpaired) electrons. The number of anilines is 1. The van der Waals surface area contributed by atoms with Crippen molar-refractivity contribution in [2.45, 2.75) is 19.8 Å². The zero-order valence-corrected chi connectivity index (χ0v) is 12.4. The van der Waals surface area contributed by atoms with E-state index in [1.54, 1.807) is 11.0 Å². The van der Waals surface area contributed by atoms with Gasteiger partial charge in [0.25, 0.3) is 5.91 Å². The number of likely N-dealkylation sites (tertiary alicyclic amines) is 1. The fourth-order valence-corrected chi connectivity index (χ4v) is 2.55. The van der Waals surface area contributed by atoms with Crippen LogP contribution in [0, 0.1) is 5.92 Å². The molecule has 0 bridgehead atoms. The van der Waals surface area contributed by atoms with Crippen LogP contribution in [-0.2, 0) is 0 Å². The standard InChI is InChI=1S/C14H20ClN3O2/c1-2-16-13-7-11(12(15)8-17-13)14(20)18-5-3-10(9-19)4-6-18/h7-8,10,19H,2-6,9H2,1H3,(H,16,17). The Kier molecular flexibility index (Phi) is 5.20. The number of aromatic nitrogens is 1. The number of carbonyl (C=O) groups excluding carboxylic acids is 1. The maximum Gasteiger partial charge on any atom is 0.255 e. The minimum atomic E-state index is -0.0621. The molecule has 0 atom stereocenters. The summed E-state index contributed by atoms with van der Waals surface area (Å²) in [5, 5.41) is 12.6. The van der Waals surface area contributed by atoms with E-state index in [4.69, 9.17) is 16.7 Å². The third kappa shape index (κ3) is 3.41. The number of nitrogens with one attached hydrogen (secondary N) is 1. The average Bonchev–Trinajstić information content (AvgIpc) is 2.49. The summed E-state index contributed by atoms with van der Waals surface area (Å²) in [4.78, 5) is 18.4. The Bertz CT molecular complexity index is 473. The molecule has 0 aromatic carbocycles. The topological polar surface area (TPSA) is 65.5 Å². The number of aliphatic hydroxyl groups excluding tert-OH is 1. The van der Waals surface area contributed by atoms with E-state index in [2.05, 4.69) is 10.3 Å². The highest BCUT2D eigenvalue weighted by molar-refractivity contribution is 6.33. The van der Waals surface area contributed by atoms with Crippen molar-refractivity contribution in [1.82, 2.24) is 9.88 Å². The number of nitrogens with zero attached hydrogens (tertiary/aromatic N) is 2. The van der Waals surface area contributed by atoms with Gasteiger partial charge in [0.05, 0.1) is 10.6 Å². The zero-order chi connectivity index (χ0) is 14.5. The van der Waals surface area contributed by atoms with Crippen molar-refractivity contribution in [3.8, 4) is 0 Å². The number of pyridine rings is 1. The maximum absolute atomic E-state index is 12.5. The van der Waals surface area contributed by atoms with Gasteiger partial charge in [-0.15, -0.1) is 0 Å². The van der Waals surface area contributed by atoms with Gasteiger partial charge in [-0.1, -0.05) is 11.6 Å². The molecule has 1 aromatic heterocycles. The molecule has 20 heavy (non-hydrogen) atoms. The Balaban J connectivity index is 2.10.